The van der Waals surface area contributed by atoms with E-state index in [1.165, 1.54) is 0 Å². The van der Waals surface area contributed by atoms with Crippen molar-refractivity contribution in [2.24, 2.45) is 5.10 Å². The van der Waals surface area contributed by atoms with Gasteiger partial charge in [-0.25, -0.2) is 14.3 Å². The quantitative estimate of drug-likeness (QED) is 0.103. The first-order valence-corrected chi connectivity index (χ1v) is 13.7. The number of carbonyl (C=O) groups is 3. The van der Waals surface area contributed by atoms with Crippen molar-refractivity contribution in [3.05, 3.63) is 77.5 Å². The fourth-order valence-corrected chi connectivity index (χ4v) is 4.58. The second-order valence-corrected chi connectivity index (χ2v) is 10.9. The number of carbonyl (C=O) groups excluding carboxylic acids is 1. The molecule has 1 aromatic heterocycles. The van der Waals surface area contributed by atoms with Crippen molar-refractivity contribution < 1.29 is 55.6 Å². The maximum atomic E-state index is 12.9. The molecule has 0 saturated heterocycles. The van der Waals surface area contributed by atoms with Crippen molar-refractivity contribution in [2.45, 2.75) is 9.79 Å². The third-order valence-corrected chi connectivity index (χ3v) is 7.21. The van der Waals surface area contributed by atoms with Crippen LogP contribution in [0.15, 0.2) is 81.1 Å². The van der Waals surface area contributed by atoms with Crippen molar-refractivity contribution in [1.82, 2.24) is 9.78 Å². The predicted molar refractivity (Wildman–Crippen MR) is 167 cm³/mol. The zero-order valence-corrected chi connectivity index (χ0v) is 21.7. The number of aromatic hydroxyl groups is 1. The first-order valence-electron chi connectivity index (χ1n) is 10.9. The molecule has 3 aromatic rings. The van der Waals surface area contributed by atoms with Crippen LogP contribution in [0.5, 0.6) is 5.88 Å². The van der Waals surface area contributed by atoms with Gasteiger partial charge in [0.1, 0.15) is 0 Å². The minimum absolute atomic E-state index is 0. The Morgan fingerprint density at radius 2 is 1.22 bits per heavy atom. The number of hydrogen-bond acceptors (Lipinski definition) is 10. The van der Waals surface area contributed by atoms with E-state index in [2.05, 4.69) is 10.2 Å². The van der Waals surface area contributed by atoms with Crippen LogP contribution in [0, 0.1) is 0 Å². The summed E-state index contributed by atoms with van der Waals surface area (Å²) in [5.74, 6) is -4.87. The van der Waals surface area contributed by atoms with Crippen LogP contribution in [0.3, 0.4) is 0 Å². The summed E-state index contributed by atoms with van der Waals surface area (Å²) in [5, 5.41) is 37.7. The molecule has 1 aliphatic heterocycles. The zero-order chi connectivity index (χ0) is 30.3. The van der Waals surface area contributed by atoms with Gasteiger partial charge in [-0.3, -0.25) is 13.9 Å². The molecule has 0 saturated carbocycles. The SMILES string of the molecule is O=C(O)C1=NN(c2ccc(S(=O)(=O)O)cc2)C(=O)/C1=C\C=C/c1c(O)nn(-c2ccc(S(=O)(=O)O)cc2)c1C(=O)O.[NaH].[NaH].[NaH].[NaH]. The van der Waals surface area contributed by atoms with Crippen LogP contribution in [-0.4, -0.2) is 193 Å². The van der Waals surface area contributed by atoms with Gasteiger partial charge in [0.05, 0.1) is 32.3 Å². The molecule has 0 bridgehead atoms. The van der Waals surface area contributed by atoms with E-state index in [9.17, 15) is 46.5 Å². The molecule has 4 rings (SSSR count). The molecule has 1 aliphatic rings. The molecule has 2 heterocycles. The number of aromatic carboxylic acids is 1. The van der Waals surface area contributed by atoms with Crippen LogP contribution in [-0.2, 0) is 29.8 Å². The van der Waals surface area contributed by atoms with E-state index >= 15 is 0 Å². The minimum atomic E-state index is -4.53. The Kier molecular flexibility index (Phi) is 16.8. The van der Waals surface area contributed by atoms with Gasteiger partial charge in [-0.1, -0.05) is 6.08 Å². The van der Waals surface area contributed by atoms with Crippen LogP contribution in [0.25, 0.3) is 11.8 Å². The number of nitrogens with zero attached hydrogens (tertiary/aromatic N) is 4. The number of aromatic nitrogens is 2. The molecule has 0 spiro atoms. The van der Waals surface area contributed by atoms with E-state index in [4.69, 9.17) is 9.11 Å². The van der Waals surface area contributed by atoms with E-state index in [1.54, 1.807) is 0 Å². The molecule has 0 unspecified atom stereocenters. The number of carboxylic acids is 2. The van der Waals surface area contributed by atoms with Gasteiger partial charge in [-0.2, -0.15) is 26.9 Å². The average Bonchev–Trinajstić information content (AvgIpc) is 3.40. The Morgan fingerprint density at radius 1 is 0.756 bits per heavy atom. The Hall–Kier alpha value is -1.17. The molecule has 22 heteroatoms. The molecule has 45 heavy (non-hydrogen) atoms. The number of allylic oxidation sites excluding steroid dienone is 2. The number of rotatable bonds is 8. The van der Waals surface area contributed by atoms with Gasteiger partial charge in [-0.15, -0.1) is 5.10 Å². The molecular weight excluding hydrogens is 680 g/mol. The maximum absolute atomic E-state index is 12.9. The first-order chi connectivity index (χ1) is 19.1. The Balaban J connectivity index is 0.00000484. The van der Waals surface area contributed by atoms with Gasteiger partial charge in [0, 0.05) is 0 Å². The molecule has 0 fully saturated rings. The van der Waals surface area contributed by atoms with Gasteiger partial charge in [0.2, 0.25) is 5.88 Å². The van der Waals surface area contributed by atoms with Crippen LogP contribution < -0.4 is 5.01 Å². The summed E-state index contributed by atoms with van der Waals surface area (Å²) in [6.45, 7) is 0. The topological polar surface area (TPSA) is 254 Å². The number of benzene rings is 2. The van der Waals surface area contributed by atoms with E-state index < -0.39 is 70.7 Å². The molecule has 2 aromatic carbocycles. The van der Waals surface area contributed by atoms with Crippen LogP contribution in [0.1, 0.15) is 16.1 Å². The normalized spacial score (nSPS) is 13.7. The summed E-state index contributed by atoms with van der Waals surface area (Å²) in [7, 11) is -9.05. The monoisotopic (exact) mass is 700 g/mol. The summed E-state index contributed by atoms with van der Waals surface area (Å²) >= 11 is 0. The molecule has 0 aliphatic carbocycles. The number of carboxylic acid groups (broad SMARTS) is 2. The fourth-order valence-electron chi connectivity index (χ4n) is 3.62. The van der Waals surface area contributed by atoms with Crippen molar-refractivity contribution in [3.8, 4) is 11.6 Å². The van der Waals surface area contributed by atoms with Gasteiger partial charge in [-0.05, 0) is 60.7 Å². The molecule has 5 N–H and O–H groups in total. The van der Waals surface area contributed by atoms with E-state index in [0.29, 0.717) is 5.01 Å². The van der Waals surface area contributed by atoms with Crippen molar-refractivity contribution in [3.63, 3.8) is 0 Å². The average molecular weight is 701 g/mol. The zero-order valence-electron chi connectivity index (χ0n) is 20.1. The second-order valence-electron chi connectivity index (χ2n) is 8.05. The Labute approximate surface area is 343 Å². The molecule has 1 amide bonds. The molecule has 0 radical (unpaired) electrons. The second kappa shape index (κ2) is 17.3. The van der Waals surface area contributed by atoms with Crippen molar-refractivity contribution in [1.29, 1.82) is 0 Å². The van der Waals surface area contributed by atoms with E-state index in [0.717, 1.165) is 71.4 Å². The van der Waals surface area contributed by atoms with E-state index in [-0.39, 0.29) is 135 Å². The predicted octanol–water partition coefficient (Wildman–Crippen LogP) is -1.40. The first kappa shape index (κ1) is 43.8. The summed E-state index contributed by atoms with van der Waals surface area (Å²) in [6, 6.07) is 8.38. The molecule has 16 nitrogen and oxygen atoms in total. The van der Waals surface area contributed by atoms with Crippen molar-refractivity contribution >= 4 is 174 Å². The standard InChI is InChI=1S/C23H16N4O12S2.4Na.4H/c28-20-17(19(23(32)33)26(25-20)12-4-8-14(9-5-12)40(34,35)36)3-1-2-16-18(22(30)31)24-27(21(16)29)13-6-10-15(11-7-13)41(37,38)39;;;;;;;;/h1-11H,(H,25,28)(H,30,31)(H,32,33)(H,34,35,36)(H,37,38,39);;;;;;;;/b3-1-,16-2-;;;;;;;;. The summed E-state index contributed by atoms with van der Waals surface area (Å²) in [5.41, 5.74) is -2.11. The van der Waals surface area contributed by atoms with Crippen LogP contribution in [0.4, 0.5) is 5.69 Å². The number of anilines is 1. The Bertz CT molecular complexity index is 1920. The number of hydrogen-bond donors (Lipinski definition) is 5. The molecule has 0 atom stereocenters. The summed E-state index contributed by atoms with van der Waals surface area (Å²) < 4.78 is 64.0. The van der Waals surface area contributed by atoms with E-state index in [1.807, 2.05) is 0 Å². The van der Waals surface area contributed by atoms with Gasteiger partial charge < -0.3 is 15.3 Å². The third-order valence-electron chi connectivity index (χ3n) is 5.47. The molecular formula is C23H20N4Na4O12S2. The van der Waals surface area contributed by atoms with Gasteiger partial charge in [0.25, 0.3) is 26.1 Å². The number of hydrazone groups is 1. The summed E-state index contributed by atoms with van der Waals surface area (Å²) in [4.78, 5) is 35.7. The fraction of sp³-hybridized carbons (Fsp3) is 0. The number of aliphatic carboxylic acids is 1. The van der Waals surface area contributed by atoms with Crippen LogP contribution in [0.2, 0.25) is 0 Å². The summed E-state index contributed by atoms with van der Waals surface area (Å²) in [6.07, 6.45) is 3.08. The number of amides is 1. The van der Waals surface area contributed by atoms with Gasteiger partial charge in [0.15, 0.2) is 11.4 Å². The van der Waals surface area contributed by atoms with Crippen LogP contribution >= 0.6 is 0 Å². The third kappa shape index (κ3) is 9.92. The molecule has 220 valence electrons. The van der Waals surface area contributed by atoms with Crippen molar-refractivity contribution in [2.75, 3.05) is 5.01 Å². The van der Waals surface area contributed by atoms with Gasteiger partial charge >= 0.3 is 130 Å². The Morgan fingerprint density at radius 3 is 1.64 bits per heavy atom.